The average molecular weight is 206 g/mol. The molecule has 2 rings (SSSR count). The Hall–Kier alpha value is -1.75. The lowest BCUT2D eigenvalue weighted by atomic mass is 10.0. The Labute approximate surface area is 86.3 Å². The van der Waals surface area contributed by atoms with Gasteiger partial charge in [0.1, 0.15) is 5.82 Å². The highest BCUT2D eigenvalue weighted by molar-refractivity contribution is 5.18. The van der Waals surface area contributed by atoms with Gasteiger partial charge >= 0.3 is 0 Å². The number of halogens is 1. The van der Waals surface area contributed by atoms with Gasteiger partial charge in [-0.1, -0.05) is 12.1 Å². The molecule has 15 heavy (non-hydrogen) atoms. The van der Waals surface area contributed by atoms with Crippen LogP contribution in [0.4, 0.5) is 4.39 Å². The van der Waals surface area contributed by atoms with Gasteiger partial charge in [-0.05, 0) is 24.1 Å². The number of nitrogens with one attached hydrogen (secondary N) is 1. The Morgan fingerprint density at radius 3 is 2.67 bits per heavy atom. The van der Waals surface area contributed by atoms with E-state index in [1.54, 1.807) is 18.3 Å². The summed E-state index contributed by atoms with van der Waals surface area (Å²) in [5.41, 5.74) is 7.58. The van der Waals surface area contributed by atoms with E-state index < -0.39 is 0 Å². The van der Waals surface area contributed by atoms with E-state index in [1.807, 2.05) is 0 Å². The van der Waals surface area contributed by atoms with Crippen molar-refractivity contribution in [1.29, 1.82) is 0 Å². The molecule has 5 heteroatoms. The smallest absolute Gasteiger partial charge is 0.123 e. The fourth-order valence-corrected chi connectivity index (χ4v) is 1.37. The number of rotatable bonds is 3. The third kappa shape index (κ3) is 2.38. The summed E-state index contributed by atoms with van der Waals surface area (Å²) < 4.78 is 12.6. The molecule has 0 saturated carbocycles. The Balaban J connectivity index is 2.06. The molecule has 0 fully saturated rings. The van der Waals surface area contributed by atoms with Crippen LogP contribution in [0.15, 0.2) is 30.5 Å². The van der Waals surface area contributed by atoms with E-state index >= 15 is 0 Å². The molecule has 78 valence electrons. The minimum Gasteiger partial charge on any atom is -0.322 e. The predicted molar refractivity (Wildman–Crippen MR) is 53.4 cm³/mol. The van der Waals surface area contributed by atoms with Crippen molar-refractivity contribution < 1.29 is 4.39 Å². The molecule has 0 aliphatic carbocycles. The molecule has 0 amide bonds. The first-order valence-corrected chi connectivity index (χ1v) is 4.61. The second-order valence-electron chi connectivity index (χ2n) is 3.33. The zero-order valence-electron chi connectivity index (χ0n) is 8.02. The summed E-state index contributed by atoms with van der Waals surface area (Å²) in [4.78, 5) is 0. The zero-order chi connectivity index (χ0) is 10.7. The number of nitrogens with zero attached hydrogens (tertiary/aromatic N) is 2. The Morgan fingerprint density at radius 2 is 2.07 bits per heavy atom. The summed E-state index contributed by atoms with van der Waals surface area (Å²) in [5, 5.41) is 10.1. The van der Waals surface area contributed by atoms with Crippen molar-refractivity contribution in [2.45, 2.75) is 12.5 Å². The van der Waals surface area contributed by atoms with Gasteiger partial charge < -0.3 is 5.73 Å². The highest BCUT2D eigenvalue weighted by atomic mass is 19.1. The van der Waals surface area contributed by atoms with Crippen LogP contribution >= 0.6 is 0 Å². The molecule has 3 N–H and O–H groups in total. The minimum atomic E-state index is -0.242. The molecule has 0 bridgehead atoms. The predicted octanol–water partition coefficient (Wildman–Crippen LogP) is 1.19. The van der Waals surface area contributed by atoms with Gasteiger partial charge in [-0.25, -0.2) is 4.39 Å². The number of nitrogens with two attached hydrogens (primary N) is 1. The molecule has 0 saturated heterocycles. The van der Waals surface area contributed by atoms with Crippen molar-refractivity contribution in [1.82, 2.24) is 15.4 Å². The van der Waals surface area contributed by atoms with E-state index in [0.717, 1.165) is 5.56 Å². The maximum atomic E-state index is 12.6. The second-order valence-corrected chi connectivity index (χ2v) is 3.33. The van der Waals surface area contributed by atoms with Gasteiger partial charge in [-0.15, -0.1) is 0 Å². The molecule has 2 aromatic rings. The van der Waals surface area contributed by atoms with E-state index in [9.17, 15) is 4.39 Å². The monoisotopic (exact) mass is 206 g/mol. The van der Waals surface area contributed by atoms with Gasteiger partial charge in [0, 0.05) is 0 Å². The average Bonchev–Trinajstić information content (AvgIpc) is 2.74. The summed E-state index contributed by atoms with van der Waals surface area (Å²) in [5.74, 6) is -0.242. The molecule has 4 nitrogen and oxygen atoms in total. The highest BCUT2D eigenvalue weighted by Gasteiger charge is 2.09. The van der Waals surface area contributed by atoms with Gasteiger partial charge in [0.2, 0.25) is 0 Å². The number of hydrogen-bond donors (Lipinski definition) is 2. The number of H-pyrrole nitrogens is 1. The molecule has 1 unspecified atom stereocenters. The first-order chi connectivity index (χ1) is 7.25. The van der Waals surface area contributed by atoms with Gasteiger partial charge in [0.05, 0.1) is 17.9 Å². The van der Waals surface area contributed by atoms with E-state index in [1.165, 1.54) is 12.1 Å². The van der Waals surface area contributed by atoms with Crippen molar-refractivity contribution >= 4 is 0 Å². The number of aromatic amines is 1. The molecule has 1 heterocycles. The molecule has 1 aromatic heterocycles. The third-order valence-corrected chi connectivity index (χ3v) is 2.18. The van der Waals surface area contributed by atoms with Crippen molar-refractivity contribution in [2.24, 2.45) is 5.73 Å². The molecule has 1 atom stereocenters. The molecular formula is C10H11FN4. The Bertz CT molecular complexity index is 409. The number of benzene rings is 1. The SMILES string of the molecule is NC(Cc1ccc(F)cc1)c1cn[nH]n1. The molecule has 0 radical (unpaired) electrons. The normalized spacial score (nSPS) is 12.7. The van der Waals surface area contributed by atoms with E-state index in [4.69, 9.17) is 5.73 Å². The van der Waals surface area contributed by atoms with Crippen molar-refractivity contribution in [3.8, 4) is 0 Å². The maximum absolute atomic E-state index is 12.6. The fourth-order valence-electron chi connectivity index (χ4n) is 1.37. The standard InChI is InChI=1S/C10H11FN4/c11-8-3-1-7(2-4-8)5-9(12)10-6-13-15-14-10/h1-4,6,9H,5,12H2,(H,13,14,15). The quantitative estimate of drug-likeness (QED) is 0.792. The first-order valence-electron chi connectivity index (χ1n) is 4.61. The molecule has 0 spiro atoms. The third-order valence-electron chi connectivity index (χ3n) is 2.18. The van der Waals surface area contributed by atoms with Crippen LogP contribution in [0.1, 0.15) is 17.3 Å². The minimum absolute atomic E-state index is 0.214. The second kappa shape index (κ2) is 4.18. The van der Waals surface area contributed by atoms with Crippen LogP contribution in [-0.2, 0) is 6.42 Å². The lowest BCUT2D eigenvalue weighted by Crippen LogP contribution is -2.13. The van der Waals surface area contributed by atoms with Crippen molar-refractivity contribution in [3.63, 3.8) is 0 Å². The molecular weight excluding hydrogens is 195 g/mol. The fraction of sp³-hybridized carbons (Fsp3) is 0.200. The van der Waals surface area contributed by atoms with Crippen LogP contribution in [0, 0.1) is 5.82 Å². The van der Waals surface area contributed by atoms with E-state index in [-0.39, 0.29) is 11.9 Å². The maximum Gasteiger partial charge on any atom is 0.123 e. The van der Waals surface area contributed by atoms with Gasteiger partial charge in [-0.3, -0.25) is 0 Å². The summed E-state index contributed by atoms with van der Waals surface area (Å²) >= 11 is 0. The lowest BCUT2D eigenvalue weighted by molar-refractivity contribution is 0.625. The summed E-state index contributed by atoms with van der Waals surface area (Å²) in [7, 11) is 0. The summed E-state index contributed by atoms with van der Waals surface area (Å²) in [6, 6.07) is 6.06. The van der Waals surface area contributed by atoms with Crippen LogP contribution < -0.4 is 5.73 Å². The number of aromatic nitrogens is 3. The molecule has 0 aliphatic heterocycles. The zero-order valence-corrected chi connectivity index (χ0v) is 8.02. The lowest BCUT2D eigenvalue weighted by Gasteiger charge is -2.07. The van der Waals surface area contributed by atoms with E-state index in [2.05, 4.69) is 15.4 Å². The molecule has 0 aliphatic rings. The van der Waals surface area contributed by atoms with Crippen LogP contribution in [-0.4, -0.2) is 15.4 Å². The van der Waals surface area contributed by atoms with Gasteiger partial charge in [0.25, 0.3) is 0 Å². The first kappa shape index (κ1) is 9.79. The highest BCUT2D eigenvalue weighted by Crippen LogP contribution is 2.13. The van der Waals surface area contributed by atoms with Crippen molar-refractivity contribution in [2.75, 3.05) is 0 Å². The summed E-state index contributed by atoms with van der Waals surface area (Å²) in [6.45, 7) is 0. The van der Waals surface area contributed by atoms with Gasteiger partial charge in [-0.2, -0.15) is 15.4 Å². The molecule has 1 aromatic carbocycles. The number of hydrogen-bond acceptors (Lipinski definition) is 3. The largest absolute Gasteiger partial charge is 0.322 e. The van der Waals surface area contributed by atoms with Crippen LogP contribution in [0.5, 0.6) is 0 Å². The van der Waals surface area contributed by atoms with E-state index in [0.29, 0.717) is 12.1 Å². The Morgan fingerprint density at radius 1 is 1.33 bits per heavy atom. The van der Waals surface area contributed by atoms with Crippen LogP contribution in [0.3, 0.4) is 0 Å². The van der Waals surface area contributed by atoms with Crippen LogP contribution in [0.2, 0.25) is 0 Å². The van der Waals surface area contributed by atoms with Crippen molar-refractivity contribution in [3.05, 3.63) is 47.5 Å². The Kier molecular flexibility index (Phi) is 2.73. The summed E-state index contributed by atoms with van der Waals surface area (Å²) in [6.07, 6.45) is 2.21. The van der Waals surface area contributed by atoms with Crippen LogP contribution in [0.25, 0.3) is 0 Å². The van der Waals surface area contributed by atoms with Gasteiger partial charge in [0.15, 0.2) is 0 Å². The topological polar surface area (TPSA) is 67.6 Å².